The van der Waals surface area contributed by atoms with E-state index in [-0.39, 0.29) is 5.82 Å². The molecule has 0 fully saturated rings. The molecule has 0 unspecified atom stereocenters. The van der Waals surface area contributed by atoms with Crippen LogP contribution >= 0.6 is 11.6 Å². The van der Waals surface area contributed by atoms with E-state index >= 15 is 0 Å². The second kappa shape index (κ2) is 3.00. The number of nitrogens with zero attached hydrogens (tertiary/aromatic N) is 1. The van der Waals surface area contributed by atoms with Crippen molar-refractivity contribution in [2.45, 2.75) is 0 Å². The summed E-state index contributed by atoms with van der Waals surface area (Å²) in [6.45, 7) is 0. The molecule has 0 aliphatic carbocycles. The predicted octanol–water partition coefficient (Wildman–Crippen LogP) is 2.05. The van der Waals surface area contributed by atoms with Gasteiger partial charge in [-0.15, -0.1) is 0 Å². The Kier molecular flexibility index (Phi) is 2.24. The molecule has 11 heavy (non-hydrogen) atoms. The molecule has 0 saturated carbocycles. The molecule has 1 N–H and O–H groups in total. The number of hydrogen-bond acceptors (Lipinski definition) is 2. The Bertz CT molecular complexity index is 278. The van der Waals surface area contributed by atoms with E-state index in [0.717, 1.165) is 6.20 Å². The highest BCUT2D eigenvalue weighted by atomic mass is 35.5. The van der Waals surface area contributed by atoms with Gasteiger partial charge in [0.2, 0.25) is 0 Å². The Hall–Kier alpha value is -0.900. The molecule has 0 aliphatic heterocycles. The zero-order valence-corrected chi connectivity index (χ0v) is 6.41. The maximum atomic E-state index is 12.8. The summed E-state index contributed by atoms with van der Waals surface area (Å²) in [6, 6.07) is 0. The van der Waals surface area contributed by atoms with Crippen LogP contribution in [-0.4, -0.2) is 12.0 Å². The number of anilines is 1. The normalized spacial score (nSPS) is 9.82. The molecule has 0 aromatic carbocycles. The molecule has 0 saturated heterocycles. The van der Waals surface area contributed by atoms with Gasteiger partial charge in [0.25, 0.3) is 0 Å². The van der Waals surface area contributed by atoms with E-state index in [1.807, 2.05) is 0 Å². The van der Waals surface area contributed by atoms with Crippen LogP contribution in [0, 0.1) is 11.6 Å². The van der Waals surface area contributed by atoms with Gasteiger partial charge in [-0.3, -0.25) is 0 Å². The first-order valence-electron chi connectivity index (χ1n) is 2.84. The monoisotopic (exact) mass is 178 g/mol. The molecule has 0 aliphatic rings. The van der Waals surface area contributed by atoms with Gasteiger partial charge in [0.1, 0.15) is 5.02 Å². The molecule has 1 rings (SSSR count). The van der Waals surface area contributed by atoms with Gasteiger partial charge in [0.15, 0.2) is 17.5 Å². The van der Waals surface area contributed by atoms with Gasteiger partial charge in [-0.25, -0.2) is 13.8 Å². The van der Waals surface area contributed by atoms with Gasteiger partial charge >= 0.3 is 0 Å². The zero-order chi connectivity index (χ0) is 8.43. The van der Waals surface area contributed by atoms with Crippen LogP contribution in [0.3, 0.4) is 0 Å². The maximum absolute atomic E-state index is 12.8. The molecular weight excluding hydrogens is 174 g/mol. The van der Waals surface area contributed by atoms with Crippen LogP contribution in [0.15, 0.2) is 6.20 Å². The van der Waals surface area contributed by atoms with E-state index in [9.17, 15) is 8.78 Å². The SMILES string of the molecule is CNc1ncc(F)c(Cl)c1F. The molecule has 5 heteroatoms. The fraction of sp³-hybridized carbons (Fsp3) is 0.167. The van der Waals surface area contributed by atoms with E-state index in [1.165, 1.54) is 7.05 Å². The Balaban J connectivity index is 3.25. The summed E-state index contributed by atoms with van der Waals surface area (Å²) in [7, 11) is 1.47. The first-order chi connectivity index (χ1) is 5.16. The van der Waals surface area contributed by atoms with Crippen molar-refractivity contribution in [1.82, 2.24) is 4.98 Å². The molecule has 0 spiro atoms. The maximum Gasteiger partial charge on any atom is 0.186 e. The smallest absolute Gasteiger partial charge is 0.186 e. The summed E-state index contributed by atoms with van der Waals surface area (Å²) in [4.78, 5) is 3.41. The van der Waals surface area contributed by atoms with Crippen LogP contribution in [0.4, 0.5) is 14.6 Å². The van der Waals surface area contributed by atoms with Crippen molar-refractivity contribution in [3.8, 4) is 0 Å². The predicted molar refractivity (Wildman–Crippen MR) is 38.7 cm³/mol. The topological polar surface area (TPSA) is 24.9 Å². The Morgan fingerprint density at radius 3 is 2.73 bits per heavy atom. The van der Waals surface area contributed by atoms with Crippen LogP contribution in [0.5, 0.6) is 0 Å². The minimum absolute atomic E-state index is 0.0589. The van der Waals surface area contributed by atoms with Crippen LogP contribution in [0.25, 0.3) is 0 Å². The molecule has 0 bridgehead atoms. The summed E-state index contributed by atoms with van der Waals surface area (Å²) in [6.07, 6.45) is 0.858. The average Bonchev–Trinajstić information content (AvgIpc) is 2.01. The second-order valence-corrected chi connectivity index (χ2v) is 2.21. The lowest BCUT2D eigenvalue weighted by Gasteiger charge is -2.01. The highest BCUT2D eigenvalue weighted by Gasteiger charge is 2.10. The quantitative estimate of drug-likeness (QED) is 0.712. The second-order valence-electron chi connectivity index (χ2n) is 1.83. The van der Waals surface area contributed by atoms with Crippen molar-refractivity contribution in [3.05, 3.63) is 22.9 Å². The molecule has 0 radical (unpaired) electrons. The third-order valence-corrected chi connectivity index (χ3v) is 1.50. The molecule has 1 aromatic rings. The number of aromatic nitrogens is 1. The third kappa shape index (κ3) is 1.40. The van der Waals surface area contributed by atoms with Crippen molar-refractivity contribution in [2.24, 2.45) is 0 Å². The van der Waals surface area contributed by atoms with Crippen LogP contribution in [0.2, 0.25) is 5.02 Å². The highest BCUT2D eigenvalue weighted by molar-refractivity contribution is 6.31. The van der Waals surface area contributed by atoms with Crippen molar-refractivity contribution in [1.29, 1.82) is 0 Å². The lowest BCUT2D eigenvalue weighted by molar-refractivity contribution is 0.577. The number of halogens is 3. The fourth-order valence-corrected chi connectivity index (χ4v) is 0.756. The van der Waals surface area contributed by atoms with E-state index in [2.05, 4.69) is 10.3 Å². The van der Waals surface area contributed by atoms with E-state index in [1.54, 1.807) is 0 Å². The van der Waals surface area contributed by atoms with Gasteiger partial charge in [0.05, 0.1) is 6.20 Å². The Morgan fingerprint density at radius 2 is 2.18 bits per heavy atom. The van der Waals surface area contributed by atoms with Crippen LogP contribution < -0.4 is 5.32 Å². The average molecular weight is 179 g/mol. The molecule has 1 aromatic heterocycles. The Morgan fingerprint density at radius 1 is 1.55 bits per heavy atom. The molecule has 0 amide bonds. The van der Waals surface area contributed by atoms with Gasteiger partial charge in [-0.05, 0) is 0 Å². The fourth-order valence-electron chi connectivity index (χ4n) is 0.618. The van der Waals surface area contributed by atoms with Gasteiger partial charge in [0, 0.05) is 7.05 Å². The summed E-state index contributed by atoms with van der Waals surface area (Å²) < 4.78 is 25.2. The van der Waals surface area contributed by atoms with Crippen LogP contribution in [-0.2, 0) is 0 Å². The first kappa shape index (κ1) is 8.20. The Labute approximate surface area is 67.2 Å². The first-order valence-corrected chi connectivity index (χ1v) is 3.22. The minimum atomic E-state index is -0.867. The van der Waals surface area contributed by atoms with E-state index in [0.29, 0.717) is 0 Å². The lowest BCUT2D eigenvalue weighted by atomic mass is 10.4. The third-order valence-electron chi connectivity index (χ3n) is 1.15. The summed E-state index contributed by atoms with van der Waals surface area (Å²) in [5.74, 6) is -1.78. The van der Waals surface area contributed by atoms with Crippen LogP contribution in [0.1, 0.15) is 0 Å². The molecule has 0 atom stereocenters. The molecule has 1 heterocycles. The number of rotatable bonds is 1. The van der Waals surface area contributed by atoms with Gasteiger partial charge < -0.3 is 5.32 Å². The molecule has 2 nitrogen and oxygen atoms in total. The number of hydrogen-bond donors (Lipinski definition) is 1. The molecular formula is C6H5ClF2N2. The van der Waals surface area contributed by atoms with Crippen molar-refractivity contribution >= 4 is 17.4 Å². The van der Waals surface area contributed by atoms with Crippen molar-refractivity contribution < 1.29 is 8.78 Å². The van der Waals surface area contributed by atoms with Crippen molar-refractivity contribution in [3.63, 3.8) is 0 Å². The van der Waals surface area contributed by atoms with Crippen molar-refractivity contribution in [2.75, 3.05) is 12.4 Å². The summed E-state index contributed by atoms with van der Waals surface area (Å²) >= 11 is 5.23. The zero-order valence-electron chi connectivity index (χ0n) is 5.66. The standard InChI is InChI=1S/C6H5ClF2N2/c1-10-6-5(9)4(7)3(8)2-11-6/h2H,1H3,(H,10,11). The minimum Gasteiger partial charge on any atom is -0.371 e. The number of nitrogens with one attached hydrogen (secondary N) is 1. The largest absolute Gasteiger partial charge is 0.371 e. The van der Waals surface area contributed by atoms with E-state index in [4.69, 9.17) is 11.6 Å². The van der Waals surface area contributed by atoms with E-state index < -0.39 is 16.7 Å². The van der Waals surface area contributed by atoms with Gasteiger partial charge in [-0.1, -0.05) is 11.6 Å². The highest BCUT2D eigenvalue weighted by Crippen LogP contribution is 2.22. The number of pyridine rings is 1. The molecule has 60 valence electrons. The summed E-state index contributed by atoms with van der Waals surface area (Å²) in [5, 5.41) is 1.89. The summed E-state index contributed by atoms with van der Waals surface area (Å²) in [5.41, 5.74) is 0. The lowest BCUT2D eigenvalue weighted by Crippen LogP contribution is -1.98. The van der Waals surface area contributed by atoms with Gasteiger partial charge in [-0.2, -0.15) is 0 Å².